The van der Waals surface area contributed by atoms with Crippen LogP contribution < -0.4 is 15.2 Å². The summed E-state index contributed by atoms with van der Waals surface area (Å²) in [6.45, 7) is 0.220. The number of aromatic nitrogens is 3. The Hall–Kier alpha value is -3.09. The van der Waals surface area contributed by atoms with Gasteiger partial charge < -0.3 is 19.7 Å². The van der Waals surface area contributed by atoms with Crippen molar-refractivity contribution >= 4 is 5.88 Å². The highest BCUT2D eigenvalue weighted by atomic mass is 16.7. The van der Waals surface area contributed by atoms with E-state index in [0.29, 0.717) is 22.8 Å². The predicted molar refractivity (Wildman–Crippen MR) is 73.5 cm³/mol. The Kier molecular flexibility index (Phi) is 2.50. The standard InChI is InChI=1S/C14H10N4O3/c15-14-12(8-1-2-10-11(3-8)20-7-19-10)13(18-21-14)9-4-16-6-17-5-9/h1-6H,7,15H2. The van der Waals surface area contributed by atoms with E-state index in [2.05, 4.69) is 15.1 Å². The Bertz CT molecular complexity index is 801. The summed E-state index contributed by atoms with van der Waals surface area (Å²) < 4.78 is 15.8. The summed E-state index contributed by atoms with van der Waals surface area (Å²) in [5, 5.41) is 4.00. The van der Waals surface area contributed by atoms with Crippen molar-refractivity contribution in [1.82, 2.24) is 15.1 Å². The van der Waals surface area contributed by atoms with Crippen LogP contribution in [0, 0.1) is 0 Å². The average Bonchev–Trinajstić information content (AvgIpc) is 3.13. The fraction of sp³-hybridized carbons (Fsp3) is 0.0714. The minimum absolute atomic E-state index is 0.220. The van der Waals surface area contributed by atoms with Crippen molar-refractivity contribution in [3.8, 4) is 33.9 Å². The van der Waals surface area contributed by atoms with E-state index in [4.69, 9.17) is 19.7 Å². The molecule has 3 heterocycles. The van der Waals surface area contributed by atoms with E-state index in [1.165, 1.54) is 6.33 Å². The minimum Gasteiger partial charge on any atom is -0.454 e. The van der Waals surface area contributed by atoms with Crippen LogP contribution in [0.3, 0.4) is 0 Å². The van der Waals surface area contributed by atoms with Gasteiger partial charge in [0.2, 0.25) is 12.7 Å². The van der Waals surface area contributed by atoms with Gasteiger partial charge in [-0.15, -0.1) is 0 Å². The van der Waals surface area contributed by atoms with Gasteiger partial charge in [-0.1, -0.05) is 11.2 Å². The maximum Gasteiger partial charge on any atom is 0.231 e. The summed E-state index contributed by atoms with van der Waals surface area (Å²) in [5.74, 6) is 1.61. The quantitative estimate of drug-likeness (QED) is 0.768. The highest BCUT2D eigenvalue weighted by Crippen LogP contribution is 2.41. The van der Waals surface area contributed by atoms with Gasteiger partial charge >= 0.3 is 0 Å². The highest BCUT2D eigenvalue weighted by Gasteiger charge is 2.21. The number of anilines is 1. The number of hydrogen-bond donors (Lipinski definition) is 1. The Labute approximate surface area is 119 Å². The summed E-state index contributed by atoms with van der Waals surface area (Å²) in [5.41, 5.74) is 8.74. The first-order chi connectivity index (χ1) is 10.3. The van der Waals surface area contributed by atoms with Crippen molar-refractivity contribution in [3.05, 3.63) is 36.9 Å². The van der Waals surface area contributed by atoms with Gasteiger partial charge in [0.05, 0.1) is 5.56 Å². The lowest BCUT2D eigenvalue weighted by molar-refractivity contribution is 0.174. The second-order valence-electron chi connectivity index (χ2n) is 4.47. The zero-order chi connectivity index (χ0) is 14.2. The van der Waals surface area contributed by atoms with Crippen molar-refractivity contribution in [2.75, 3.05) is 12.5 Å². The molecular weight excluding hydrogens is 272 g/mol. The van der Waals surface area contributed by atoms with Gasteiger partial charge in [0.25, 0.3) is 0 Å². The molecule has 21 heavy (non-hydrogen) atoms. The Morgan fingerprint density at radius 3 is 2.67 bits per heavy atom. The van der Waals surface area contributed by atoms with Crippen LogP contribution in [0.4, 0.5) is 5.88 Å². The molecule has 0 saturated carbocycles. The molecule has 1 aliphatic heterocycles. The van der Waals surface area contributed by atoms with Crippen LogP contribution in [-0.4, -0.2) is 21.9 Å². The fourth-order valence-electron chi connectivity index (χ4n) is 2.25. The third-order valence-corrected chi connectivity index (χ3v) is 3.21. The van der Waals surface area contributed by atoms with E-state index in [1.807, 2.05) is 18.2 Å². The first kappa shape index (κ1) is 11.7. The molecular formula is C14H10N4O3. The lowest BCUT2D eigenvalue weighted by atomic mass is 10.0. The van der Waals surface area contributed by atoms with Crippen molar-refractivity contribution in [1.29, 1.82) is 0 Å². The molecule has 0 fully saturated rings. The first-order valence-electron chi connectivity index (χ1n) is 6.23. The lowest BCUT2D eigenvalue weighted by Gasteiger charge is -2.03. The molecule has 0 radical (unpaired) electrons. The molecule has 0 aliphatic carbocycles. The van der Waals surface area contributed by atoms with E-state index in [1.54, 1.807) is 12.4 Å². The number of nitrogens with two attached hydrogens (primary N) is 1. The number of benzene rings is 1. The van der Waals surface area contributed by atoms with Crippen LogP contribution in [0.2, 0.25) is 0 Å². The van der Waals surface area contributed by atoms with E-state index < -0.39 is 0 Å². The highest BCUT2D eigenvalue weighted by molar-refractivity contribution is 5.87. The smallest absolute Gasteiger partial charge is 0.231 e. The van der Waals surface area contributed by atoms with Crippen LogP contribution in [0.1, 0.15) is 0 Å². The second kappa shape index (κ2) is 4.48. The number of fused-ring (bicyclic) bond motifs is 1. The number of nitrogen functional groups attached to an aromatic ring is 1. The largest absolute Gasteiger partial charge is 0.454 e. The first-order valence-corrected chi connectivity index (χ1v) is 6.23. The number of nitrogens with zero attached hydrogens (tertiary/aromatic N) is 3. The van der Waals surface area contributed by atoms with Gasteiger partial charge in [-0.3, -0.25) is 0 Å². The molecule has 104 valence electrons. The molecule has 4 rings (SSSR count). The van der Waals surface area contributed by atoms with Gasteiger partial charge in [-0.05, 0) is 17.7 Å². The SMILES string of the molecule is Nc1onc(-c2cncnc2)c1-c1ccc2c(c1)OCO2. The maximum atomic E-state index is 5.91. The van der Waals surface area contributed by atoms with Gasteiger partial charge in [0.1, 0.15) is 12.0 Å². The Morgan fingerprint density at radius 1 is 1.00 bits per heavy atom. The van der Waals surface area contributed by atoms with E-state index in [0.717, 1.165) is 11.1 Å². The van der Waals surface area contributed by atoms with Crippen LogP contribution in [0.5, 0.6) is 11.5 Å². The monoisotopic (exact) mass is 282 g/mol. The lowest BCUT2D eigenvalue weighted by Crippen LogP contribution is -1.93. The molecule has 7 nitrogen and oxygen atoms in total. The van der Waals surface area contributed by atoms with Crippen LogP contribution in [0.25, 0.3) is 22.4 Å². The fourth-order valence-corrected chi connectivity index (χ4v) is 2.25. The van der Waals surface area contributed by atoms with Gasteiger partial charge in [0, 0.05) is 18.0 Å². The molecule has 2 N–H and O–H groups in total. The molecule has 1 aliphatic rings. The molecule has 1 aromatic carbocycles. The molecule has 7 heteroatoms. The Balaban J connectivity index is 1.87. The molecule has 0 saturated heterocycles. The van der Waals surface area contributed by atoms with Crippen LogP contribution in [-0.2, 0) is 0 Å². The molecule has 0 bridgehead atoms. The molecule has 0 spiro atoms. The zero-order valence-electron chi connectivity index (χ0n) is 10.8. The molecule has 2 aromatic heterocycles. The van der Waals surface area contributed by atoms with Crippen molar-refractivity contribution < 1.29 is 14.0 Å². The summed E-state index contributed by atoms with van der Waals surface area (Å²) >= 11 is 0. The zero-order valence-corrected chi connectivity index (χ0v) is 10.8. The molecule has 0 atom stereocenters. The summed E-state index contributed by atoms with van der Waals surface area (Å²) in [6, 6.07) is 5.55. The molecule has 0 unspecified atom stereocenters. The summed E-state index contributed by atoms with van der Waals surface area (Å²) in [4.78, 5) is 7.97. The van der Waals surface area contributed by atoms with Gasteiger partial charge in [-0.2, -0.15) is 0 Å². The third-order valence-electron chi connectivity index (χ3n) is 3.21. The van der Waals surface area contributed by atoms with Crippen molar-refractivity contribution in [2.24, 2.45) is 0 Å². The minimum atomic E-state index is 0.220. The van der Waals surface area contributed by atoms with E-state index >= 15 is 0 Å². The number of rotatable bonds is 2. The number of ether oxygens (including phenoxy) is 2. The average molecular weight is 282 g/mol. The van der Waals surface area contributed by atoms with E-state index in [9.17, 15) is 0 Å². The second-order valence-corrected chi connectivity index (χ2v) is 4.47. The predicted octanol–water partition coefficient (Wildman–Crippen LogP) is 2.11. The van der Waals surface area contributed by atoms with Crippen LogP contribution >= 0.6 is 0 Å². The molecule has 0 amide bonds. The topological polar surface area (TPSA) is 96.3 Å². The van der Waals surface area contributed by atoms with Crippen molar-refractivity contribution in [3.63, 3.8) is 0 Å². The van der Waals surface area contributed by atoms with Crippen molar-refractivity contribution in [2.45, 2.75) is 0 Å². The summed E-state index contributed by atoms with van der Waals surface area (Å²) in [6.07, 6.45) is 4.76. The van der Waals surface area contributed by atoms with Crippen LogP contribution in [0.15, 0.2) is 41.4 Å². The molecule has 3 aromatic rings. The normalized spacial score (nSPS) is 12.6. The van der Waals surface area contributed by atoms with E-state index in [-0.39, 0.29) is 12.7 Å². The summed E-state index contributed by atoms with van der Waals surface area (Å²) in [7, 11) is 0. The third kappa shape index (κ3) is 1.86. The van der Waals surface area contributed by atoms with Gasteiger partial charge in [0.15, 0.2) is 11.5 Å². The van der Waals surface area contributed by atoms with Gasteiger partial charge in [-0.25, -0.2) is 9.97 Å². The number of hydrogen-bond acceptors (Lipinski definition) is 7. The maximum absolute atomic E-state index is 5.91. The Morgan fingerprint density at radius 2 is 1.81 bits per heavy atom.